The summed E-state index contributed by atoms with van der Waals surface area (Å²) in [4.78, 5) is 0. The summed E-state index contributed by atoms with van der Waals surface area (Å²) < 4.78 is 18.6. The molecule has 0 amide bonds. The van der Waals surface area contributed by atoms with Crippen LogP contribution in [0, 0.1) is 0 Å². The molecule has 28 heavy (non-hydrogen) atoms. The van der Waals surface area contributed by atoms with Crippen LogP contribution in [0.3, 0.4) is 0 Å². The first-order valence-corrected chi connectivity index (χ1v) is 9.80. The van der Waals surface area contributed by atoms with Crippen LogP contribution in [-0.2, 0) is 11.3 Å². The second kappa shape index (κ2) is 7.30. The first-order chi connectivity index (χ1) is 13.8. The molecule has 4 nitrogen and oxygen atoms in total. The lowest BCUT2D eigenvalue weighted by molar-refractivity contribution is -0.218. The number of para-hydroxylation sites is 2. The quantitative estimate of drug-likeness (QED) is 0.690. The summed E-state index contributed by atoms with van der Waals surface area (Å²) in [6.45, 7) is 2.43. The van der Waals surface area contributed by atoms with E-state index in [2.05, 4.69) is 29.6 Å². The smallest absolute Gasteiger partial charge is 0.213 e. The van der Waals surface area contributed by atoms with Crippen LogP contribution in [0.4, 0.5) is 0 Å². The van der Waals surface area contributed by atoms with E-state index in [1.807, 2.05) is 48.5 Å². The molecule has 0 bridgehead atoms. The van der Waals surface area contributed by atoms with Crippen molar-refractivity contribution >= 4 is 0 Å². The topological polar surface area (TPSA) is 39.7 Å². The Morgan fingerprint density at radius 1 is 0.857 bits per heavy atom. The highest BCUT2D eigenvalue weighted by Crippen LogP contribution is 2.40. The molecular formula is C24H23NO3. The summed E-state index contributed by atoms with van der Waals surface area (Å²) in [6.07, 6.45) is 1.75. The zero-order valence-electron chi connectivity index (χ0n) is 15.7. The van der Waals surface area contributed by atoms with Crippen molar-refractivity contribution in [3.63, 3.8) is 0 Å². The van der Waals surface area contributed by atoms with Crippen molar-refractivity contribution in [1.82, 2.24) is 5.32 Å². The normalized spacial score (nSPS) is 17.6. The molecule has 4 heteroatoms. The van der Waals surface area contributed by atoms with Crippen LogP contribution < -0.4 is 14.8 Å². The molecule has 0 unspecified atom stereocenters. The van der Waals surface area contributed by atoms with Gasteiger partial charge in [-0.1, -0.05) is 42.5 Å². The number of rotatable bonds is 3. The Bertz CT molecular complexity index is 965. The maximum absolute atomic E-state index is 6.28. The molecule has 0 saturated carbocycles. The van der Waals surface area contributed by atoms with E-state index in [1.54, 1.807) is 0 Å². The molecule has 3 aromatic carbocycles. The lowest BCUT2D eigenvalue weighted by Gasteiger charge is -2.41. The monoisotopic (exact) mass is 373 g/mol. The molecule has 0 radical (unpaired) electrons. The van der Waals surface area contributed by atoms with Crippen molar-refractivity contribution in [1.29, 1.82) is 0 Å². The summed E-state index contributed by atoms with van der Waals surface area (Å²) >= 11 is 0. The predicted octanol–water partition coefficient (Wildman–Crippen LogP) is 5.13. The van der Waals surface area contributed by atoms with Gasteiger partial charge in [-0.25, -0.2) is 0 Å². The molecule has 2 aliphatic rings. The molecule has 0 atom stereocenters. The van der Waals surface area contributed by atoms with Gasteiger partial charge in [0, 0.05) is 37.1 Å². The number of hydrogen-bond donors (Lipinski definition) is 1. The Morgan fingerprint density at radius 2 is 1.64 bits per heavy atom. The second-order valence-electron chi connectivity index (χ2n) is 7.29. The minimum Gasteiger partial charge on any atom is -0.462 e. The van der Waals surface area contributed by atoms with Gasteiger partial charge in [-0.3, -0.25) is 0 Å². The van der Waals surface area contributed by atoms with Gasteiger partial charge in [0.2, 0.25) is 5.79 Å². The van der Waals surface area contributed by atoms with Gasteiger partial charge < -0.3 is 19.5 Å². The van der Waals surface area contributed by atoms with E-state index in [4.69, 9.17) is 14.2 Å². The van der Waals surface area contributed by atoms with Crippen molar-refractivity contribution in [2.24, 2.45) is 0 Å². The highest BCUT2D eigenvalue weighted by molar-refractivity contribution is 5.72. The van der Waals surface area contributed by atoms with Crippen LogP contribution >= 0.6 is 0 Å². The Balaban J connectivity index is 1.44. The molecular weight excluding hydrogens is 350 g/mol. The van der Waals surface area contributed by atoms with Gasteiger partial charge in [-0.05, 0) is 35.9 Å². The van der Waals surface area contributed by atoms with E-state index in [9.17, 15) is 0 Å². The fraction of sp³-hybridized carbons (Fsp3) is 0.250. The molecule has 3 aromatic rings. The number of benzene rings is 3. The maximum Gasteiger partial charge on any atom is 0.213 e. The van der Waals surface area contributed by atoms with Gasteiger partial charge in [-0.15, -0.1) is 0 Å². The molecule has 2 heterocycles. The number of fused-ring (bicyclic) bond motifs is 1. The molecule has 1 spiro atoms. The third-order valence-corrected chi connectivity index (χ3v) is 5.38. The number of piperidine rings is 1. The van der Waals surface area contributed by atoms with E-state index in [-0.39, 0.29) is 0 Å². The highest BCUT2D eigenvalue weighted by Gasteiger charge is 2.38. The summed E-state index contributed by atoms with van der Waals surface area (Å²) in [7, 11) is 0. The standard InChI is InChI=1S/C24H23NO3/c1-2-6-20(7-3-1)27-23-9-5-4-8-21(23)18-10-11-22-19(16-18)17-26-24(28-22)12-14-25-15-13-24/h1-11,16,25H,12-15,17H2. The van der Waals surface area contributed by atoms with Crippen LogP contribution in [0.15, 0.2) is 72.8 Å². The van der Waals surface area contributed by atoms with E-state index >= 15 is 0 Å². The number of nitrogens with one attached hydrogen (secondary N) is 1. The fourth-order valence-corrected chi connectivity index (χ4v) is 3.86. The molecule has 1 saturated heterocycles. The van der Waals surface area contributed by atoms with Crippen LogP contribution in [-0.4, -0.2) is 18.9 Å². The van der Waals surface area contributed by atoms with Crippen LogP contribution in [0.5, 0.6) is 17.2 Å². The second-order valence-corrected chi connectivity index (χ2v) is 7.29. The lowest BCUT2D eigenvalue weighted by Crippen LogP contribution is -2.49. The molecule has 1 N–H and O–H groups in total. The maximum atomic E-state index is 6.28. The van der Waals surface area contributed by atoms with Crippen molar-refractivity contribution in [3.05, 3.63) is 78.4 Å². The first-order valence-electron chi connectivity index (χ1n) is 9.80. The Hall–Kier alpha value is -2.82. The summed E-state index contributed by atoms with van der Waals surface area (Å²) in [5, 5.41) is 3.36. The predicted molar refractivity (Wildman–Crippen MR) is 109 cm³/mol. The van der Waals surface area contributed by atoms with Crippen LogP contribution in [0.2, 0.25) is 0 Å². The van der Waals surface area contributed by atoms with Crippen LogP contribution in [0.1, 0.15) is 18.4 Å². The van der Waals surface area contributed by atoms with Crippen molar-refractivity contribution in [2.75, 3.05) is 13.1 Å². The lowest BCUT2D eigenvalue weighted by atomic mass is 9.99. The molecule has 0 aromatic heterocycles. The van der Waals surface area contributed by atoms with Gasteiger partial charge in [0.1, 0.15) is 17.2 Å². The first kappa shape index (κ1) is 17.3. The van der Waals surface area contributed by atoms with E-state index in [1.165, 1.54) is 0 Å². The minimum atomic E-state index is -0.464. The zero-order chi connectivity index (χ0) is 18.8. The Kier molecular flexibility index (Phi) is 4.51. The molecule has 5 rings (SSSR count). The van der Waals surface area contributed by atoms with Crippen molar-refractivity contribution < 1.29 is 14.2 Å². The summed E-state index contributed by atoms with van der Waals surface area (Å²) in [5.41, 5.74) is 3.23. The highest BCUT2D eigenvalue weighted by atomic mass is 16.7. The third kappa shape index (κ3) is 3.37. The Labute approximate surface area is 165 Å². The molecule has 2 aliphatic heterocycles. The minimum absolute atomic E-state index is 0.464. The van der Waals surface area contributed by atoms with Gasteiger partial charge >= 0.3 is 0 Å². The number of hydrogen-bond acceptors (Lipinski definition) is 4. The van der Waals surface area contributed by atoms with E-state index in [0.29, 0.717) is 6.61 Å². The largest absolute Gasteiger partial charge is 0.462 e. The molecule has 1 fully saturated rings. The Morgan fingerprint density at radius 3 is 2.50 bits per heavy atom. The van der Waals surface area contributed by atoms with E-state index in [0.717, 1.165) is 59.9 Å². The summed E-state index contributed by atoms with van der Waals surface area (Å²) in [6, 6.07) is 24.3. The fourth-order valence-electron chi connectivity index (χ4n) is 3.86. The van der Waals surface area contributed by atoms with Gasteiger partial charge in [0.05, 0.1) is 6.61 Å². The average Bonchev–Trinajstić information content (AvgIpc) is 2.75. The van der Waals surface area contributed by atoms with Gasteiger partial charge in [0.25, 0.3) is 0 Å². The third-order valence-electron chi connectivity index (χ3n) is 5.38. The summed E-state index contributed by atoms with van der Waals surface area (Å²) in [5.74, 6) is 2.13. The van der Waals surface area contributed by atoms with Gasteiger partial charge in [0.15, 0.2) is 0 Å². The van der Waals surface area contributed by atoms with E-state index < -0.39 is 5.79 Å². The van der Waals surface area contributed by atoms with Crippen LogP contribution in [0.25, 0.3) is 11.1 Å². The molecule has 142 valence electrons. The van der Waals surface area contributed by atoms with Crippen molar-refractivity contribution in [3.8, 4) is 28.4 Å². The SMILES string of the molecule is c1ccc(Oc2ccccc2-c2ccc3c(c2)COC2(CCNCC2)O3)cc1. The zero-order valence-corrected chi connectivity index (χ0v) is 15.7. The molecule has 0 aliphatic carbocycles. The number of ether oxygens (including phenoxy) is 3. The van der Waals surface area contributed by atoms with Gasteiger partial charge in [-0.2, -0.15) is 0 Å². The van der Waals surface area contributed by atoms with Crippen molar-refractivity contribution in [2.45, 2.75) is 25.2 Å². The average molecular weight is 373 g/mol.